The number of nitrogens with zero attached hydrogens (tertiary/aromatic N) is 3. The number of methoxy groups -OCH3 is 1. The first kappa shape index (κ1) is 13.0. The molecule has 2 heterocycles. The predicted octanol–water partition coefficient (Wildman–Crippen LogP) is 2.57. The van der Waals surface area contributed by atoms with E-state index in [0.717, 1.165) is 26.7 Å². The van der Waals surface area contributed by atoms with Gasteiger partial charge < -0.3 is 15.2 Å². The third kappa shape index (κ3) is 1.94. The molecular formula is C13H16N4O2S. The van der Waals surface area contributed by atoms with E-state index in [2.05, 4.69) is 24.0 Å². The van der Waals surface area contributed by atoms with E-state index in [-0.39, 0.29) is 0 Å². The average molecular weight is 292 g/mol. The molecule has 0 aliphatic heterocycles. The molecule has 6 nitrogen and oxygen atoms in total. The third-order valence-electron chi connectivity index (χ3n) is 2.93. The second-order valence-electron chi connectivity index (χ2n) is 4.93. The Balaban J connectivity index is 2.26. The zero-order valence-electron chi connectivity index (χ0n) is 11.6. The second kappa shape index (κ2) is 4.82. The Morgan fingerprint density at radius 3 is 2.75 bits per heavy atom. The number of hydrogen-bond donors (Lipinski definition) is 1. The number of benzene rings is 1. The molecule has 0 saturated carbocycles. The highest BCUT2D eigenvalue weighted by Gasteiger charge is 2.18. The summed E-state index contributed by atoms with van der Waals surface area (Å²) in [5.74, 6) is 2.35. The Hall–Kier alpha value is -2.02. The van der Waals surface area contributed by atoms with Crippen molar-refractivity contribution < 1.29 is 9.47 Å². The van der Waals surface area contributed by atoms with E-state index < -0.39 is 0 Å². The second-order valence-corrected chi connectivity index (χ2v) is 5.90. The number of rotatable bonds is 4. The monoisotopic (exact) mass is 292 g/mol. The van der Waals surface area contributed by atoms with Crippen molar-refractivity contribution in [1.29, 1.82) is 0 Å². The summed E-state index contributed by atoms with van der Waals surface area (Å²) in [6.45, 7) is 4.86. The van der Waals surface area contributed by atoms with E-state index in [1.54, 1.807) is 11.5 Å². The fraction of sp³-hybridized carbons (Fsp3) is 0.385. The molecule has 0 fully saturated rings. The fourth-order valence-corrected chi connectivity index (χ4v) is 3.11. The SMILES string of the molecule is COc1ccc(OCC(C)C)c2c1sc1nnc(N)n12. The van der Waals surface area contributed by atoms with Crippen molar-refractivity contribution in [3.63, 3.8) is 0 Å². The molecule has 3 aromatic rings. The summed E-state index contributed by atoms with van der Waals surface area (Å²) in [5, 5.41) is 7.97. The normalized spacial score (nSPS) is 11.6. The molecule has 0 spiro atoms. The van der Waals surface area contributed by atoms with Gasteiger partial charge in [0.1, 0.15) is 21.7 Å². The highest BCUT2D eigenvalue weighted by Crippen LogP contribution is 2.39. The van der Waals surface area contributed by atoms with Crippen LogP contribution in [-0.4, -0.2) is 28.3 Å². The molecule has 0 bridgehead atoms. The highest BCUT2D eigenvalue weighted by molar-refractivity contribution is 7.24. The molecule has 0 atom stereocenters. The lowest BCUT2D eigenvalue weighted by Crippen LogP contribution is -2.05. The summed E-state index contributed by atoms with van der Waals surface area (Å²) in [5.41, 5.74) is 6.77. The quantitative estimate of drug-likeness (QED) is 0.800. The number of aromatic nitrogens is 3. The summed E-state index contributed by atoms with van der Waals surface area (Å²) in [7, 11) is 1.65. The topological polar surface area (TPSA) is 74.7 Å². The van der Waals surface area contributed by atoms with Gasteiger partial charge in [0, 0.05) is 0 Å². The number of anilines is 1. The van der Waals surface area contributed by atoms with Crippen LogP contribution in [0.15, 0.2) is 12.1 Å². The number of nitrogen functional groups attached to an aromatic ring is 1. The lowest BCUT2D eigenvalue weighted by atomic mass is 10.2. The molecule has 20 heavy (non-hydrogen) atoms. The lowest BCUT2D eigenvalue weighted by molar-refractivity contribution is 0.273. The summed E-state index contributed by atoms with van der Waals surface area (Å²) < 4.78 is 14.1. The highest BCUT2D eigenvalue weighted by atomic mass is 32.1. The molecule has 2 N–H and O–H groups in total. The van der Waals surface area contributed by atoms with Crippen molar-refractivity contribution in [1.82, 2.24) is 14.6 Å². The zero-order valence-corrected chi connectivity index (χ0v) is 12.4. The summed E-state index contributed by atoms with van der Waals surface area (Å²) in [6, 6.07) is 3.80. The van der Waals surface area contributed by atoms with Gasteiger partial charge in [-0.05, 0) is 18.1 Å². The van der Waals surface area contributed by atoms with Gasteiger partial charge in [0.05, 0.1) is 13.7 Å². The number of thiazole rings is 1. The van der Waals surface area contributed by atoms with E-state index in [1.165, 1.54) is 11.3 Å². The van der Waals surface area contributed by atoms with Gasteiger partial charge in [0.15, 0.2) is 0 Å². The maximum Gasteiger partial charge on any atom is 0.227 e. The van der Waals surface area contributed by atoms with Gasteiger partial charge in [-0.2, -0.15) is 0 Å². The van der Waals surface area contributed by atoms with Crippen molar-refractivity contribution in [3.05, 3.63) is 12.1 Å². The summed E-state index contributed by atoms with van der Waals surface area (Å²) >= 11 is 1.49. The third-order valence-corrected chi connectivity index (χ3v) is 3.97. The molecule has 0 amide bonds. The minimum atomic E-state index is 0.355. The van der Waals surface area contributed by atoms with Crippen LogP contribution in [0, 0.1) is 5.92 Å². The lowest BCUT2D eigenvalue weighted by Gasteiger charge is -2.11. The Kier molecular flexibility index (Phi) is 3.13. The van der Waals surface area contributed by atoms with Crippen LogP contribution in [0.1, 0.15) is 13.8 Å². The molecule has 0 aliphatic rings. The van der Waals surface area contributed by atoms with Gasteiger partial charge in [-0.1, -0.05) is 25.2 Å². The molecule has 0 unspecified atom stereocenters. The Labute approximate surface area is 120 Å². The van der Waals surface area contributed by atoms with E-state index in [1.807, 2.05) is 12.1 Å². The van der Waals surface area contributed by atoms with Crippen LogP contribution in [0.5, 0.6) is 11.5 Å². The number of hydrogen-bond acceptors (Lipinski definition) is 6. The van der Waals surface area contributed by atoms with E-state index in [0.29, 0.717) is 18.5 Å². The van der Waals surface area contributed by atoms with Crippen LogP contribution in [-0.2, 0) is 0 Å². The minimum absolute atomic E-state index is 0.355. The number of fused-ring (bicyclic) bond motifs is 3. The number of nitrogens with two attached hydrogens (primary N) is 1. The van der Waals surface area contributed by atoms with Crippen molar-refractivity contribution in [2.75, 3.05) is 19.5 Å². The van der Waals surface area contributed by atoms with E-state index in [4.69, 9.17) is 15.2 Å². The standard InChI is InChI=1S/C13H16N4O2S/c1-7(2)6-19-8-4-5-9(18-3)11-10(8)17-12(14)15-16-13(17)20-11/h4-5,7H,6H2,1-3H3,(H2,14,15). The maximum atomic E-state index is 5.90. The van der Waals surface area contributed by atoms with Crippen molar-refractivity contribution in [2.24, 2.45) is 5.92 Å². The average Bonchev–Trinajstić information content (AvgIpc) is 2.96. The molecule has 3 rings (SSSR count). The van der Waals surface area contributed by atoms with Gasteiger partial charge in [0.25, 0.3) is 0 Å². The number of ether oxygens (including phenoxy) is 2. The molecule has 106 valence electrons. The Bertz CT molecular complexity index is 762. The first-order chi connectivity index (χ1) is 9.61. The van der Waals surface area contributed by atoms with E-state index >= 15 is 0 Å². The first-order valence-electron chi connectivity index (χ1n) is 6.34. The Morgan fingerprint density at radius 2 is 2.05 bits per heavy atom. The van der Waals surface area contributed by atoms with Crippen LogP contribution >= 0.6 is 11.3 Å². The molecule has 7 heteroatoms. The van der Waals surface area contributed by atoms with Crippen molar-refractivity contribution in [3.8, 4) is 11.5 Å². The summed E-state index contributed by atoms with van der Waals surface area (Å²) in [4.78, 5) is 0.733. The van der Waals surface area contributed by atoms with Crippen LogP contribution in [0.4, 0.5) is 5.95 Å². The van der Waals surface area contributed by atoms with Crippen LogP contribution < -0.4 is 15.2 Å². The molecule has 2 aromatic heterocycles. The molecule has 0 saturated heterocycles. The maximum absolute atomic E-state index is 5.90. The first-order valence-corrected chi connectivity index (χ1v) is 7.16. The van der Waals surface area contributed by atoms with Crippen LogP contribution in [0.2, 0.25) is 0 Å². The molecule has 0 radical (unpaired) electrons. The smallest absolute Gasteiger partial charge is 0.227 e. The predicted molar refractivity (Wildman–Crippen MR) is 79.7 cm³/mol. The van der Waals surface area contributed by atoms with Gasteiger partial charge in [-0.25, -0.2) is 4.40 Å². The largest absolute Gasteiger partial charge is 0.495 e. The fourth-order valence-electron chi connectivity index (χ4n) is 2.03. The van der Waals surface area contributed by atoms with Gasteiger partial charge in [-0.3, -0.25) is 0 Å². The molecular weight excluding hydrogens is 276 g/mol. The zero-order chi connectivity index (χ0) is 14.3. The minimum Gasteiger partial charge on any atom is -0.495 e. The Morgan fingerprint density at radius 1 is 1.30 bits per heavy atom. The van der Waals surface area contributed by atoms with Gasteiger partial charge in [0.2, 0.25) is 10.9 Å². The van der Waals surface area contributed by atoms with Crippen LogP contribution in [0.25, 0.3) is 15.2 Å². The van der Waals surface area contributed by atoms with Gasteiger partial charge >= 0.3 is 0 Å². The summed E-state index contributed by atoms with van der Waals surface area (Å²) in [6.07, 6.45) is 0. The van der Waals surface area contributed by atoms with Gasteiger partial charge in [-0.15, -0.1) is 10.2 Å². The van der Waals surface area contributed by atoms with Crippen molar-refractivity contribution >= 4 is 32.5 Å². The van der Waals surface area contributed by atoms with Crippen molar-refractivity contribution in [2.45, 2.75) is 13.8 Å². The molecule has 1 aromatic carbocycles. The molecule has 0 aliphatic carbocycles. The van der Waals surface area contributed by atoms with Crippen LogP contribution in [0.3, 0.4) is 0 Å². The van der Waals surface area contributed by atoms with E-state index in [9.17, 15) is 0 Å².